The molecule has 1 aliphatic heterocycles. The number of rotatable bonds is 7. The highest BCUT2D eigenvalue weighted by molar-refractivity contribution is 5.80. The molecule has 0 saturated carbocycles. The Kier molecular flexibility index (Phi) is 7.22. The Labute approximate surface area is 172 Å². The van der Waals surface area contributed by atoms with Crippen molar-refractivity contribution in [1.29, 1.82) is 0 Å². The van der Waals surface area contributed by atoms with Crippen LogP contribution in [0.2, 0.25) is 0 Å². The highest BCUT2D eigenvalue weighted by Gasteiger charge is 2.22. The van der Waals surface area contributed by atoms with Crippen LogP contribution in [-0.2, 0) is 24.4 Å². The molecule has 0 bridgehead atoms. The molecule has 1 aliphatic rings. The lowest BCUT2D eigenvalue weighted by atomic mass is 10.1. The van der Waals surface area contributed by atoms with Gasteiger partial charge in [0.25, 0.3) is 0 Å². The number of hydrogen-bond acceptors (Lipinski definition) is 2. The van der Waals surface area contributed by atoms with Gasteiger partial charge in [-0.15, -0.1) is 0 Å². The Morgan fingerprint density at radius 1 is 1.17 bits per heavy atom. The highest BCUT2D eigenvalue weighted by Crippen LogP contribution is 2.22. The number of fused-ring (bicyclic) bond motifs is 1. The number of nitrogens with zero attached hydrogens (tertiary/aromatic N) is 3. The first-order valence-electron chi connectivity index (χ1n) is 10.1. The van der Waals surface area contributed by atoms with Crippen LogP contribution in [0.3, 0.4) is 0 Å². The monoisotopic (exact) mass is 396 g/mol. The number of aliphatic imine (C=N–C) groups is 1. The van der Waals surface area contributed by atoms with Crippen molar-refractivity contribution >= 4 is 11.9 Å². The van der Waals surface area contributed by atoms with Crippen LogP contribution in [0.5, 0.6) is 0 Å². The van der Waals surface area contributed by atoms with Crippen LogP contribution in [-0.4, -0.2) is 41.8 Å². The predicted octanol–water partition coefficient (Wildman–Crippen LogP) is 3.55. The Balaban J connectivity index is 1.48. The van der Waals surface area contributed by atoms with E-state index in [1.165, 1.54) is 23.3 Å². The van der Waals surface area contributed by atoms with Crippen LogP contribution >= 0.6 is 0 Å². The second kappa shape index (κ2) is 10.0. The van der Waals surface area contributed by atoms with Gasteiger partial charge in [0.15, 0.2) is 5.96 Å². The Hall–Kier alpha value is -2.89. The Bertz CT molecular complexity index is 842. The zero-order valence-corrected chi connectivity index (χ0v) is 17.2. The largest absolute Gasteiger partial charge is 0.357 e. The molecular weight excluding hydrogens is 367 g/mol. The summed E-state index contributed by atoms with van der Waals surface area (Å²) in [7, 11) is 1.93. The van der Waals surface area contributed by atoms with Crippen molar-refractivity contribution in [3.63, 3.8) is 0 Å². The van der Waals surface area contributed by atoms with Crippen LogP contribution < -0.4 is 5.32 Å². The molecule has 1 heterocycles. The minimum Gasteiger partial charge on any atom is -0.357 e. The fourth-order valence-corrected chi connectivity index (χ4v) is 3.54. The molecule has 2 aromatic rings. The summed E-state index contributed by atoms with van der Waals surface area (Å²) in [4.78, 5) is 21.0. The average Bonchev–Trinajstić information content (AvgIpc) is 3.14. The van der Waals surface area contributed by atoms with Crippen molar-refractivity contribution in [1.82, 2.24) is 15.1 Å². The van der Waals surface area contributed by atoms with Crippen molar-refractivity contribution in [2.24, 2.45) is 4.99 Å². The zero-order valence-electron chi connectivity index (χ0n) is 17.2. The molecule has 0 radical (unpaired) electrons. The molecule has 0 aromatic heterocycles. The number of halogens is 1. The summed E-state index contributed by atoms with van der Waals surface area (Å²) in [5.41, 5.74) is 3.38. The molecule has 0 spiro atoms. The van der Waals surface area contributed by atoms with Gasteiger partial charge in [0, 0.05) is 46.2 Å². The summed E-state index contributed by atoms with van der Waals surface area (Å²) in [6.07, 6.45) is 1.19. The lowest BCUT2D eigenvalue weighted by Gasteiger charge is -2.22. The lowest BCUT2D eigenvalue weighted by molar-refractivity contribution is -0.131. The standard InChI is InChI=1S/C23H29FN4O/c1-3-25-23(27(2)15-18-8-6-11-21(24)14-18)26-13-7-12-22(29)28-16-19-9-4-5-10-20(19)17-28/h4-6,8-11,14H,3,7,12-13,15-17H2,1-2H3,(H,25,26). The normalized spacial score (nSPS) is 13.3. The van der Waals surface area contributed by atoms with Crippen molar-refractivity contribution in [3.8, 4) is 0 Å². The van der Waals surface area contributed by atoms with Crippen molar-refractivity contribution in [3.05, 3.63) is 71.0 Å². The highest BCUT2D eigenvalue weighted by atomic mass is 19.1. The molecule has 0 atom stereocenters. The number of amides is 1. The first kappa shape index (κ1) is 20.8. The van der Waals surface area contributed by atoms with Gasteiger partial charge in [-0.05, 0) is 42.2 Å². The molecule has 0 fully saturated rings. The van der Waals surface area contributed by atoms with E-state index in [2.05, 4.69) is 22.4 Å². The average molecular weight is 397 g/mol. The minimum atomic E-state index is -0.236. The Morgan fingerprint density at radius 2 is 1.90 bits per heavy atom. The maximum Gasteiger partial charge on any atom is 0.223 e. The van der Waals surface area contributed by atoms with Crippen molar-refractivity contribution in [2.45, 2.75) is 39.4 Å². The van der Waals surface area contributed by atoms with E-state index in [1.807, 2.05) is 42.0 Å². The molecule has 0 saturated heterocycles. The van der Waals surface area contributed by atoms with E-state index in [1.54, 1.807) is 6.07 Å². The van der Waals surface area contributed by atoms with Crippen LogP contribution in [0.4, 0.5) is 4.39 Å². The van der Waals surface area contributed by atoms with Gasteiger partial charge < -0.3 is 15.1 Å². The number of guanidine groups is 1. The van der Waals surface area contributed by atoms with Gasteiger partial charge in [-0.1, -0.05) is 36.4 Å². The van der Waals surface area contributed by atoms with Gasteiger partial charge >= 0.3 is 0 Å². The van der Waals surface area contributed by atoms with Crippen LogP contribution in [0, 0.1) is 5.82 Å². The fraction of sp³-hybridized carbons (Fsp3) is 0.391. The van der Waals surface area contributed by atoms with Crippen molar-refractivity contribution in [2.75, 3.05) is 20.1 Å². The Morgan fingerprint density at radius 3 is 2.55 bits per heavy atom. The molecule has 6 heteroatoms. The number of carbonyl (C=O) groups excluding carboxylic acids is 1. The van der Waals surface area contributed by atoms with Gasteiger partial charge in [0.2, 0.25) is 5.91 Å². The van der Waals surface area contributed by atoms with Gasteiger partial charge in [0.1, 0.15) is 5.82 Å². The van der Waals surface area contributed by atoms with Crippen LogP contribution in [0.15, 0.2) is 53.5 Å². The van der Waals surface area contributed by atoms with Gasteiger partial charge in [-0.25, -0.2) is 4.39 Å². The molecule has 1 N–H and O–H groups in total. The topological polar surface area (TPSA) is 47.9 Å². The molecule has 0 aliphatic carbocycles. The molecular formula is C23H29FN4O. The second-order valence-electron chi connectivity index (χ2n) is 7.34. The molecule has 154 valence electrons. The first-order valence-corrected chi connectivity index (χ1v) is 10.1. The number of hydrogen-bond donors (Lipinski definition) is 1. The number of benzene rings is 2. The molecule has 0 unspecified atom stereocenters. The van der Waals surface area contributed by atoms with Crippen LogP contribution in [0.25, 0.3) is 0 Å². The summed E-state index contributed by atoms with van der Waals surface area (Å²) < 4.78 is 13.4. The second-order valence-corrected chi connectivity index (χ2v) is 7.34. The molecule has 5 nitrogen and oxygen atoms in total. The third-order valence-electron chi connectivity index (χ3n) is 5.01. The van der Waals surface area contributed by atoms with Crippen LogP contribution in [0.1, 0.15) is 36.5 Å². The van der Waals surface area contributed by atoms with E-state index >= 15 is 0 Å². The fourth-order valence-electron chi connectivity index (χ4n) is 3.54. The maximum absolute atomic E-state index is 13.4. The third kappa shape index (κ3) is 5.79. The van der Waals surface area contributed by atoms with E-state index in [-0.39, 0.29) is 11.7 Å². The van der Waals surface area contributed by atoms with E-state index in [0.29, 0.717) is 39.0 Å². The zero-order chi connectivity index (χ0) is 20.6. The van der Waals surface area contributed by atoms with E-state index in [9.17, 15) is 9.18 Å². The van der Waals surface area contributed by atoms with Gasteiger partial charge in [0.05, 0.1) is 0 Å². The lowest BCUT2D eigenvalue weighted by Crippen LogP contribution is -2.38. The maximum atomic E-state index is 13.4. The summed E-state index contributed by atoms with van der Waals surface area (Å²) in [6.45, 7) is 5.31. The predicted molar refractivity (Wildman–Crippen MR) is 114 cm³/mol. The molecule has 2 aromatic carbocycles. The van der Waals surface area contributed by atoms with E-state index in [4.69, 9.17) is 0 Å². The van der Waals surface area contributed by atoms with Crippen molar-refractivity contribution < 1.29 is 9.18 Å². The van der Waals surface area contributed by atoms with E-state index < -0.39 is 0 Å². The molecule has 29 heavy (non-hydrogen) atoms. The molecule has 1 amide bonds. The number of carbonyl (C=O) groups is 1. The summed E-state index contributed by atoms with van der Waals surface area (Å²) in [6, 6.07) is 14.8. The van der Waals surface area contributed by atoms with E-state index in [0.717, 1.165) is 18.1 Å². The minimum absolute atomic E-state index is 0.175. The van der Waals surface area contributed by atoms with Gasteiger partial charge in [-0.3, -0.25) is 9.79 Å². The summed E-state index contributed by atoms with van der Waals surface area (Å²) >= 11 is 0. The summed E-state index contributed by atoms with van der Waals surface area (Å²) in [5, 5.41) is 3.26. The first-order chi connectivity index (χ1) is 14.1. The number of nitrogens with one attached hydrogen (secondary N) is 1. The smallest absolute Gasteiger partial charge is 0.223 e. The third-order valence-corrected chi connectivity index (χ3v) is 5.01. The summed E-state index contributed by atoms with van der Waals surface area (Å²) in [5.74, 6) is 0.702. The van der Waals surface area contributed by atoms with Gasteiger partial charge in [-0.2, -0.15) is 0 Å². The molecule has 3 rings (SSSR count). The quantitative estimate of drug-likeness (QED) is 0.442. The SMILES string of the molecule is CCNC(=NCCCC(=O)N1Cc2ccccc2C1)N(C)Cc1cccc(F)c1.